The lowest BCUT2D eigenvalue weighted by Gasteiger charge is -2.31. The van der Waals surface area contributed by atoms with Crippen LogP contribution in [-0.2, 0) is 28.9 Å². The number of fused-ring (bicyclic) bond motifs is 2. The summed E-state index contributed by atoms with van der Waals surface area (Å²) in [4.78, 5) is 35.3. The maximum Gasteiger partial charge on any atom is 0.262 e. The molecule has 8 heteroatoms. The first-order valence-corrected chi connectivity index (χ1v) is 12.8. The first-order valence-electron chi connectivity index (χ1n) is 11.1. The van der Waals surface area contributed by atoms with Crippen LogP contribution in [0.3, 0.4) is 0 Å². The van der Waals surface area contributed by atoms with Crippen molar-refractivity contribution in [3.05, 3.63) is 51.1 Å². The molecule has 1 aliphatic heterocycles. The summed E-state index contributed by atoms with van der Waals surface area (Å²) in [5.74, 6) is 0.0559. The van der Waals surface area contributed by atoms with Crippen LogP contribution in [0, 0.1) is 0 Å². The van der Waals surface area contributed by atoms with Gasteiger partial charge in [-0.15, -0.1) is 11.3 Å². The summed E-state index contributed by atoms with van der Waals surface area (Å²) in [6.45, 7) is 5.79. The third kappa shape index (κ3) is 4.63. The molecule has 0 fully saturated rings. The van der Waals surface area contributed by atoms with Crippen LogP contribution in [0.5, 0.6) is 0 Å². The Hall–Kier alpha value is -2.16. The van der Waals surface area contributed by atoms with Gasteiger partial charge >= 0.3 is 0 Å². The summed E-state index contributed by atoms with van der Waals surface area (Å²) in [6, 6.07) is 10.1. The first-order chi connectivity index (χ1) is 15.5. The molecule has 3 aromatic rings. The van der Waals surface area contributed by atoms with E-state index in [-0.39, 0.29) is 16.7 Å². The number of methoxy groups -OCH3 is 1. The van der Waals surface area contributed by atoms with Gasteiger partial charge in [0.15, 0.2) is 5.16 Å². The molecule has 0 radical (unpaired) electrons. The molecule has 1 aliphatic rings. The van der Waals surface area contributed by atoms with Gasteiger partial charge in [-0.2, -0.15) is 0 Å². The normalized spacial score (nSPS) is 14.5. The van der Waals surface area contributed by atoms with E-state index in [4.69, 9.17) is 9.72 Å². The maximum absolute atomic E-state index is 13.4. The Balaban J connectivity index is 1.64. The number of amides is 1. The van der Waals surface area contributed by atoms with Crippen LogP contribution >= 0.6 is 23.1 Å². The van der Waals surface area contributed by atoms with Gasteiger partial charge in [-0.3, -0.25) is 14.2 Å². The van der Waals surface area contributed by atoms with E-state index in [0.29, 0.717) is 30.1 Å². The van der Waals surface area contributed by atoms with E-state index in [1.54, 1.807) is 23.0 Å². The highest BCUT2D eigenvalue weighted by molar-refractivity contribution is 8.00. The minimum Gasteiger partial charge on any atom is -0.385 e. The van der Waals surface area contributed by atoms with E-state index >= 15 is 0 Å². The van der Waals surface area contributed by atoms with E-state index < -0.39 is 0 Å². The quantitative estimate of drug-likeness (QED) is 0.275. The van der Waals surface area contributed by atoms with E-state index in [1.165, 1.54) is 17.3 Å². The third-order valence-corrected chi connectivity index (χ3v) is 8.00. The number of carbonyl (C=O) groups excluding carboxylic acids is 1. The number of hydrogen-bond donors (Lipinski definition) is 0. The highest BCUT2D eigenvalue weighted by atomic mass is 32.2. The number of thioether (sulfide) groups is 1. The number of benzene rings is 1. The van der Waals surface area contributed by atoms with Crippen molar-refractivity contribution in [2.45, 2.75) is 56.5 Å². The summed E-state index contributed by atoms with van der Waals surface area (Å²) in [5.41, 5.74) is 2.18. The lowest BCUT2D eigenvalue weighted by atomic mass is 10.0. The highest BCUT2D eigenvalue weighted by Crippen LogP contribution is 2.31. The molecule has 1 atom stereocenters. The molecule has 1 aromatic carbocycles. The van der Waals surface area contributed by atoms with Crippen molar-refractivity contribution < 1.29 is 9.53 Å². The maximum atomic E-state index is 13.4. The Bertz CT molecular complexity index is 1170. The van der Waals surface area contributed by atoms with Gasteiger partial charge in [0, 0.05) is 37.4 Å². The number of rotatable bonds is 8. The number of ether oxygens (including phenoxy) is 1. The molecule has 1 amide bonds. The monoisotopic (exact) mass is 471 g/mol. The van der Waals surface area contributed by atoms with Crippen LogP contribution in [0.15, 0.2) is 40.3 Å². The van der Waals surface area contributed by atoms with Crippen molar-refractivity contribution >= 4 is 44.9 Å². The summed E-state index contributed by atoms with van der Waals surface area (Å²) in [6.07, 6.45) is 3.54. The molecule has 4 rings (SSSR count). The van der Waals surface area contributed by atoms with Gasteiger partial charge in [0.05, 0.1) is 10.6 Å². The molecule has 32 heavy (non-hydrogen) atoms. The number of nitrogens with zero attached hydrogens (tertiary/aromatic N) is 3. The van der Waals surface area contributed by atoms with Crippen molar-refractivity contribution in [3.63, 3.8) is 0 Å². The van der Waals surface area contributed by atoms with Crippen molar-refractivity contribution in [2.24, 2.45) is 0 Å². The molecule has 170 valence electrons. The van der Waals surface area contributed by atoms with E-state index in [9.17, 15) is 9.59 Å². The molecular weight excluding hydrogens is 442 g/mol. The zero-order valence-corrected chi connectivity index (χ0v) is 20.4. The van der Waals surface area contributed by atoms with Gasteiger partial charge in [-0.1, -0.05) is 36.9 Å². The van der Waals surface area contributed by atoms with Crippen LogP contribution in [0.2, 0.25) is 0 Å². The molecule has 0 aliphatic carbocycles. The molecule has 0 saturated heterocycles. The van der Waals surface area contributed by atoms with Crippen LogP contribution in [0.4, 0.5) is 5.69 Å². The predicted molar refractivity (Wildman–Crippen MR) is 132 cm³/mol. The average molecular weight is 472 g/mol. The summed E-state index contributed by atoms with van der Waals surface area (Å²) >= 11 is 2.94. The number of carbonyl (C=O) groups is 1. The SMILES string of the molecule is CCc1cc2c(=O)n(CCCOC)c(S[C@H](C)C(=O)N3CCCc4ccccc43)nc2s1. The van der Waals surface area contributed by atoms with Crippen molar-refractivity contribution in [2.75, 3.05) is 25.2 Å². The molecule has 3 heterocycles. The number of aryl methyl sites for hydroxylation is 2. The minimum atomic E-state index is -0.357. The molecule has 0 saturated carbocycles. The topological polar surface area (TPSA) is 64.4 Å². The van der Waals surface area contributed by atoms with Crippen molar-refractivity contribution in [1.29, 1.82) is 0 Å². The second-order valence-electron chi connectivity index (χ2n) is 7.96. The van der Waals surface area contributed by atoms with Gasteiger partial charge in [0.2, 0.25) is 5.91 Å². The first kappa shape index (κ1) is 23.0. The van der Waals surface area contributed by atoms with Gasteiger partial charge in [0.1, 0.15) is 4.83 Å². The van der Waals surface area contributed by atoms with Crippen LogP contribution in [-0.4, -0.2) is 41.0 Å². The number of aromatic nitrogens is 2. The van der Waals surface area contributed by atoms with Crippen molar-refractivity contribution in [3.8, 4) is 0 Å². The Labute approximate surface area is 196 Å². The molecule has 2 aromatic heterocycles. The number of para-hydroxylation sites is 1. The minimum absolute atomic E-state index is 0.0347. The lowest BCUT2D eigenvalue weighted by Crippen LogP contribution is -2.40. The Morgan fingerprint density at radius 3 is 2.94 bits per heavy atom. The number of thiophene rings is 1. The van der Waals surface area contributed by atoms with Gasteiger partial charge < -0.3 is 9.64 Å². The molecule has 0 N–H and O–H groups in total. The molecule has 0 bridgehead atoms. The van der Waals surface area contributed by atoms with Crippen molar-refractivity contribution in [1.82, 2.24) is 9.55 Å². The van der Waals surface area contributed by atoms with Crippen LogP contribution in [0.1, 0.15) is 37.1 Å². The second-order valence-corrected chi connectivity index (χ2v) is 10.4. The summed E-state index contributed by atoms with van der Waals surface area (Å²) in [7, 11) is 1.66. The standard InChI is InChI=1S/C24H29N3O3S2/c1-4-18-15-19-21(32-18)25-24(27(23(19)29)13-8-14-30-3)31-16(2)22(28)26-12-7-10-17-9-5-6-11-20(17)26/h5-6,9,11,15-16H,4,7-8,10,12-14H2,1-3H3/t16-/m1/s1. The Morgan fingerprint density at radius 1 is 1.34 bits per heavy atom. The van der Waals surface area contributed by atoms with E-state index in [0.717, 1.165) is 41.2 Å². The molecule has 6 nitrogen and oxygen atoms in total. The molecule has 0 spiro atoms. The van der Waals surface area contributed by atoms with Crippen LogP contribution in [0.25, 0.3) is 10.2 Å². The fraction of sp³-hybridized carbons (Fsp3) is 0.458. The second kappa shape index (κ2) is 10.2. The average Bonchev–Trinajstić information content (AvgIpc) is 3.23. The summed E-state index contributed by atoms with van der Waals surface area (Å²) in [5, 5.41) is 0.914. The van der Waals surface area contributed by atoms with Gasteiger partial charge in [0.25, 0.3) is 5.56 Å². The summed E-state index contributed by atoms with van der Waals surface area (Å²) < 4.78 is 6.90. The third-order valence-electron chi connectivity index (χ3n) is 5.75. The molecular formula is C24H29N3O3S2. The fourth-order valence-corrected chi connectivity index (χ4v) is 6.07. The van der Waals surface area contributed by atoms with Gasteiger partial charge in [-0.25, -0.2) is 4.98 Å². The number of anilines is 1. The zero-order chi connectivity index (χ0) is 22.7. The Kier molecular flexibility index (Phi) is 7.33. The predicted octanol–water partition coefficient (Wildman–Crippen LogP) is 4.52. The highest BCUT2D eigenvalue weighted by Gasteiger charge is 2.28. The fourth-order valence-electron chi connectivity index (χ4n) is 4.07. The Morgan fingerprint density at radius 2 is 2.16 bits per heavy atom. The smallest absolute Gasteiger partial charge is 0.262 e. The van der Waals surface area contributed by atoms with Gasteiger partial charge in [-0.05, 0) is 50.3 Å². The van der Waals surface area contributed by atoms with E-state index in [2.05, 4.69) is 13.0 Å². The number of hydrogen-bond acceptors (Lipinski definition) is 6. The van der Waals surface area contributed by atoms with Crippen LogP contribution < -0.4 is 10.5 Å². The largest absolute Gasteiger partial charge is 0.385 e. The molecule has 0 unspecified atom stereocenters. The van der Waals surface area contributed by atoms with E-state index in [1.807, 2.05) is 36.1 Å². The zero-order valence-electron chi connectivity index (χ0n) is 18.8. The lowest BCUT2D eigenvalue weighted by molar-refractivity contribution is -0.117.